The molecule has 3 aromatic rings. The first-order valence-corrected chi connectivity index (χ1v) is 9.21. The smallest absolute Gasteiger partial charge is 0.251 e. The maximum Gasteiger partial charge on any atom is 0.251 e. The number of amides is 2. The van der Waals surface area contributed by atoms with Crippen LogP contribution in [-0.4, -0.2) is 40.1 Å². The molecule has 0 unspecified atom stereocenters. The van der Waals surface area contributed by atoms with Crippen LogP contribution >= 0.6 is 0 Å². The molecular formula is C22H24N4O2. The minimum absolute atomic E-state index is 0.0301. The van der Waals surface area contributed by atoms with Crippen LogP contribution in [0.25, 0.3) is 5.69 Å². The van der Waals surface area contributed by atoms with Crippen molar-refractivity contribution in [3.8, 4) is 5.69 Å². The number of nitrogens with zero attached hydrogens (tertiary/aromatic N) is 3. The number of benzene rings is 2. The number of para-hydroxylation sites is 1. The topological polar surface area (TPSA) is 67.2 Å². The van der Waals surface area contributed by atoms with Crippen LogP contribution in [0.2, 0.25) is 0 Å². The molecule has 0 spiro atoms. The van der Waals surface area contributed by atoms with E-state index in [1.165, 1.54) is 0 Å². The SMILES string of the molecule is Cc1ccccc1C(=O)NCCC(=O)N(C)Cc1cnn(-c2ccccc2)c1. The number of carbonyl (C=O) groups excluding carboxylic acids is 2. The molecule has 3 rings (SSSR count). The lowest BCUT2D eigenvalue weighted by atomic mass is 10.1. The molecule has 144 valence electrons. The summed E-state index contributed by atoms with van der Waals surface area (Å²) in [6.45, 7) is 2.67. The molecule has 0 atom stereocenters. The molecule has 1 N–H and O–H groups in total. The highest BCUT2D eigenvalue weighted by Crippen LogP contribution is 2.10. The maximum absolute atomic E-state index is 12.4. The molecule has 0 aliphatic heterocycles. The first-order valence-electron chi connectivity index (χ1n) is 9.21. The predicted octanol–water partition coefficient (Wildman–Crippen LogP) is 2.96. The van der Waals surface area contributed by atoms with Crippen LogP contribution in [0.15, 0.2) is 67.0 Å². The van der Waals surface area contributed by atoms with Gasteiger partial charge in [-0.1, -0.05) is 36.4 Å². The van der Waals surface area contributed by atoms with Gasteiger partial charge >= 0.3 is 0 Å². The highest BCUT2D eigenvalue weighted by atomic mass is 16.2. The van der Waals surface area contributed by atoms with Crippen molar-refractivity contribution in [2.24, 2.45) is 0 Å². The molecule has 1 heterocycles. The van der Waals surface area contributed by atoms with Gasteiger partial charge < -0.3 is 10.2 Å². The van der Waals surface area contributed by atoms with E-state index < -0.39 is 0 Å². The van der Waals surface area contributed by atoms with Crippen molar-refractivity contribution in [1.29, 1.82) is 0 Å². The lowest BCUT2D eigenvalue weighted by Gasteiger charge is -2.16. The second-order valence-corrected chi connectivity index (χ2v) is 6.70. The van der Waals surface area contributed by atoms with E-state index >= 15 is 0 Å². The van der Waals surface area contributed by atoms with Gasteiger partial charge in [0.2, 0.25) is 5.91 Å². The molecule has 0 fully saturated rings. The number of aromatic nitrogens is 2. The van der Waals surface area contributed by atoms with Crippen molar-refractivity contribution >= 4 is 11.8 Å². The first-order chi connectivity index (χ1) is 13.5. The van der Waals surface area contributed by atoms with Gasteiger partial charge in [-0.2, -0.15) is 5.10 Å². The highest BCUT2D eigenvalue weighted by Gasteiger charge is 2.12. The van der Waals surface area contributed by atoms with E-state index in [1.54, 1.807) is 28.9 Å². The Morgan fingerprint density at radius 2 is 1.79 bits per heavy atom. The number of aryl methyl sites for hydroxylation is 1. The van der Waals surface area contributed by atoms with E-state index in [1.807, 2.05) is 61.7 Å². The van der Waals surface area contributed by atoms with Gasteiger partial charge in [-0.15, -0.1) is 0 Å². The predicted molar refractivity (Wildman–Crippen MR) is 108 cm³/mol. The lowest BCUT2D eigenvalue weighted by Crippen LogP contribution is -2.32. The van der Waals surface area contributed by atoms with Crippen molar-refractivity contribution in [1.82, 2.24) is 20.0 Å². The summed E-state index contributed by atoms with van der Waals surface area (Å²) in [5, 5.41) is 7.16. The zero-order chi connectivity index (χ0) is 19.9. The van der Waals surface area contributed by atoms with Crippen molar-refractivity contribution in [2.45, 2.75) is 19.9 Å². The third-order valence-corrected chi connectivity index (χ3v) is 4.52. The Morgan fingerprint density at radius 3 is 2.54 bits per heavy atom. The third kappa shape index (κ3) is 4.85. The second-order valence-electron chi connectivity index (χ2n) is 6.70. The fourth-order valence-corrected chi connectivity index (χ4v) is 2.92. The van der Waals surface area contributed by atoms with Crippen LogP contribution in [0.1, 0.15) is 27.9 Å². The molecule has 0 radical (unpaired) electrons. The molecule has 0 aliphatic rings. The number of hydrogen-bond acceptors (Lipinski definition) is 3. The van der Waals surface area contributed by atoms with Gasteiger partial charge in [-0.25, -0.2) is 4.68 Å². The van der Waals surface area contributed by atoms with Crippen molar-refractivity contribution in [3.05, 3.63) is 83.7 Å². The van der Waals surface area contributed by atoms with E-state index in [0.29, 0.717) is 18.7 Å². The van der Waals surface area contributed by atoms with Crippen LogP contribution in [0.3, 0.4) is 0 Å². The minimum atomic E-state index is -0.155. The molecular weight excluding hydrogens is 352 g/mol. The fourth-order valence-electron chi connectivity index (χ4n) is 2.92. The van der Waals surface area contributed by atoms with Crippen molar-refractivity contribution < 1.29 is 9.59 Å². The highest BCUT2D eigenvalue weighted by molar-refractivity contribution is 5.95. The molecule has 6 heteroatoms. The summed E-state index contributed by atoms with van der Waals surface area (Å²) in [6, 6.07) is 17.2. The molecule has 2 aromatic carbocycles. The van der Waals surface area contributed by atoms with E-state index in [2.05, 4.69) is 10.4 Å². The molecule has 0 saturated heterocycles. The van der Waals surface area contributed by atoms with Gasteiger partial charge in [0.05, 0.1) is 11.9 Å². The van der Waals surface area contributed by atoms with Crippen LogP contribution < -0.4 is 5.32 Å². The molecule has 0 bridgehead atoms. The Kier molecular flexibility index (Phi) is 6.22. The molecule has 6 nitrogen and oxygen atoms in total. The summed E-state index contributed by atoms with van der Waals surface area (Å²) in [4.78, 5) is 26.2. The number of carbonyl (C=O) groups is 2. The monoisotopic (exact) mass is 376 g/mol. The van der Waals surface area contributed by atoms with Gasteiger partial charge in [0.1, 0.15) is 0 Å². The van der Waals surface area contributed by atoms with Crippen molar-refractivity contribution in [2.75, 3.05) is 13.6 Å². The number of hydrogen-bond donors (Lipinski definition) is 1. The summed E-state index contributed by atoms with van der Waals surface area (Å²) < 4.78 is 1.79. The van der Waals surface area contributed by atoms with Crippen LogP contribution in [0, 0.1) is 6.92 Å². The second kappa shape index (κ2) is 8.99. The third-order valence-electron chi connectivity index (χ3n) is 4.52. The van der Waals surface area contributed by atoms with Gasteiger partial charge in [0.25, 0.3) is 5.91 Å². The first kappa shape index (κ1) is 19.4. The van der Waals surface area contributed by atoms with Gasteiger partial charge in [-0.05, 0) is 30.7 Å². The van der Waals surface area contributed by atoms with Crippen LogP contribution in [0.4, 0.5) is 0 Å². The van der Waals surface area contributed by atoms with Crippen LogP contribution in [-0.2, 0) is 11.3 Å². The molecule has 0 aliphatic carbocycles. The molecule has 0 saturated carbocycles. The fraction of sp³-hybridized carbons (Fsp3) is 0.227. The number of nitrogens with one attached hydrogen (secondary N) is 1. The zero-order valence-corrected chi connectivity index (χ0v) is 16.1. The van der Waals surface area contributed by atoms with Gasteiger partial charge in [0, 0.05) is 43.9 Å². The van der Waals surface area contributed by atoms with Gasteiger partial charge in [0.15, 0.2) is 0 Å². The van der Waals surface area contributed by atoms with Crippen molar-refractivity contribution in [3.63, 3.8) is 0 Å². The Hall–Kier alpha value is -3.41. The summed E-state index contributed by atoms with van der Waals surface area (Å²) in [6.07, 6.45) is 3.93. The minimum Gasteiger partial charge on any atom is -0.352 e. The van der Waals surface area contributed by atoms with Gasteiger partial charge in [-0.3, -0.25) is 9.59 Å². The Balaban J connectivity index is 1.48. The van der Waals surface area contributed by atoms with E-state index in [9.17, 15) is 9.59 Å². The Labute approximate surface area is 164 Å². The normalized spacial score (nSPS) is 10.5. The molecule has 2 amide bonds. The summed E-state index contributed by atoms with van der Waals surface area (Å²) in [5.41, 5.74) is 3.47. The van der Waals surface area contributed by atoms with Crippen LogP contribution in [0.5, 0.6) is 0 Å². The summed E-state index contributed by atoms with van der Waals surface area (Å²) in [7, 11) is 1.76. The summed E-state index contributed by atoms with van der Waals surface area (Å²) >= 11 is 0. The summed E-state index contributed by atoms with van der Waals surface area (Å²) in [5.74, 6) is -0.185. The average molecular weight is 376 g/mol. The Bertz CT molecular complexity index is 950. The zero-order valence-electron chi connectivity index (χ0n) is 16.1. The standard InChI is InChI=1S/C22H24N4O2/c1-17-8-6-7-11-20(17)22(28)23-13-12-21(27)25(2)15-18-14-24-26(16-18)19-9-4-3-5-10-19/h3-11,14,16H,12-13,15H2,1-2H3,(H,23,28). The van der Waals surface area contributed by atoms with E-state index in [0.717, 1.165) is 16.8 Å². The molecule has 28 heavy (non-hydrogen) atoms. The quantitative estimate of drug-likeness (QED) is 0.689. The largest absolute Gasteiger partial charge is 0.352 e. The number of rotatable bonds is 7. The van der Waals surface area contributed by atoms with E-state index in [4.69, 9.17) is 0 Å². The average Bonchev–Trinajstić information content (AvgIpc) is 3.17. The lowest BCUT2D eigenvalue weighted by molar-refractivity contribution is -0.130. The molecule has 1 aromatic heterocycles. The maximum atomic E-state index is 12.4. The Morgan fingerprint density at radius 1 is 1.07 bits per heavy atom. The van der Waals surface area contributed by atoms with E-state index in [-0.39, 0.29) is 18.2 Å².